The van der Waals surface area contributed by atoms with E-state index in [-0.39, 0.29) is 28.9 Å². The lowest BCUT2D eigenvalue weighted by Crippen LogP contribution is -2.30. The van der Waals surface area contributed by atoms with Gasteiger partial charge in [-0.1, -0.05) is 13.8 Å². The van der Waals surface area contributed by atoms with Crippen LogP contribution in [0.15, 0.2) is 18.2 Å². The summed E-state index contributed by atoms with van der Waals surface area (Å²) in [5, 5.41) is 14.2. The van der Waals surface area contributed by atoms with Crippen LogP contribution in [0.1, 0.15) is 24.2 Å². The second-order valence-electron chi connectivity index (χ2n) is 4.93. The highest BCUT2D eigenvalue weighted by atomic mass is 16.6. The van der Waals surface area contributed by atoms with Gasteiger partial charge in [-0.15, -0.1) is 0 Å². The van der Waals surface area contributed by atoms with Crippen molar-refractivity contribution in [3.63, 3.8) is 0 Å². The molecule has 1 N–H and O–H groups in total. The predicted molar refractivity (Wildman–Crippen MR) is 78.6 cm³/mol. The monoisotopic (exact) mass is 296 g/mol. The highest BCUT2D eigenvalue weighted by Gasteiger charge is 2.21. The number of carbonyl (C=O) groups excluding carboxylic acids is 1. The normalized spacial score (nSPS) is 12.0. The molecule has 0 amide bonds. The number of anilines is 1. The average molecular weight is 296 g/mol. The minimum absolute atomic E-state index is 0.0931. The number of nitro groups is 1. The molecule has 0 heterocycles. The minimum Gasteiger partial charge on any atom is -0.465 e. The van der Waals surface area contributed by atoms with E-state index in [0.29, 0.717) is 6.61 Å². The van der Waals surface area contributed by atoms with Gasteiger partial charge in [0, 0.05) is 13.2 Å². The first-order chi connectivity index (χ1) is 9.90. The maximum absolute atomic E-state index is 11.5. The second-order valence-corrected chi connectivity index (χ2v) is 4.93. The summed E-state index contributed by atoms with van der Waals surface area (Å²) in [4.78, 5) is 22.2. The van der Waals surface area contributed by atoms with E-state index in [1.807, 2.05) is 13.8 Å². The van der Waals surface area contributed by atoms with E-state index in [2.05, 4.69) is 10.1 Å². The molecular weight excluding hydrogens is 276 g/mol. The molecule has 0 radical (unpaired) electrons. The number of nitrogens with one attached hydrogen (secondary N) is 1. The molecule has 7 heteroatoms. The van der Waals surface area contributed by atoms with Gasteiger partial charge in [0.05, 0.1) is 30.2 Å². The first-order valence-corrected chi connectivity index (χ1v) is 6.53. The third kappa shape index (κ3) is 4.42. The van der Waals surface area contributed by atoms with Crippen LogP contribution < -0.4 is 5.32 Å². The van der Waals surface area contributed by atoms with Crippen molar-refractivity contribution in [2.75, 3.05) is 26.1 Å². The molecule has 0 fully saturated rings. The number of nitrogens with zero attached hydrogens (tertiary/aromatic N) is 1. The molecule has 1 atom stereocenters. The molecular formula is C14H20N2O5. The molecule has 21 heavy (non-hydrogen) atoms. The number of ether oxygens (including phenoxy) is 2. The van der Waals surface area contributed by atoms with E-state index in [1.54, 1.807) is 7.11 Å². The van der Waals surface area contributed by atoms with Gasteiger partial charge in [0.1, 0.15) is 5.69 Å². The average Bonchev–Trinajstić information content (AvgIpc) is 2.45. The Bertz CT molecular complexity index is 516. The zero-order valence-electron chi connectivity index (χ0n) is 12.6. The lowest BCUT2D eigenvalue weighted by Gasteiger charge is -2.22. The van der Waals surface area contributed by atoms with Gasteiger partial charge < -0.3 is 14.8 Å². The Labute approximate surface area is 123 Å². The summed E-state index contributed by atoms with van der Waals surface area (Å²) in [7, 11) is 2.83. The van der Waals surface area contributed by atoms with Crippen LogP contribution >= 0.6 is 0 Å². The van der Waals surface area contributed by atoms with Crippen molar-refractivity contribution in [3.8, 4) is 0 Å². The maximum atomic E-state index is 11.5. The third-order valence-corrected chi connectivity index (χ3v) is 3.11. The van der Waals surface area contributed by atoms with Gasteiger partial charge in [0.2, 0.25) is 0 Å². The van der Waals surface area contributed by atoms with E-state index < -0.39 is 10.9 Å². The summed E-state index contributed by atoms with van der Waals surface area (Å²) in [5.74, 6) is -0.341. The Morgan fingerprint density at radius 1 is 1.38 bits per heavy atom. The highest BCUT2D eigenvalue weighted by Crippen LogP contribution is 2.27. The topological polar surface area (TPSA) is 90.7 Å². The Hall–Kier alpha value is -2.15. The van der Waals surface area contributed by atoms with Crippen molar-refractivity contribution >= 4 is 17.3 Å². The smallest absolute Gasteiger partial charge is 0.337 e. The largest absolute Gasteiger partial charge is 0.465 e. The molecule has 1 rings (SSSR count). The summed E-state index contributed by atoms with van der Waals surface area (Å²) in [6, 6.07) is 3.98. The minimum atomic E-state index is -0.541. The number of rotatable bonds is 7. The van der Waals surface area contributed by atoms with Crippen LogP contribution in [0, 0.1) is 16.0 Å². The molecule has 0 aliphatic carbocycles. The maximum Gasteiger partial charge on any atom is 0.337 e. The van der Waals surface area contributed by atoms with Crippen LogP contribution in [0.25, 0.3) is 0 Å². The first kappa shape index (κ1) is 16.9. The number of esters is 1. The fourth-order valence-electron chi connectivity index (χ4n) is 1.84. The van der Waals surface area contributed by atoms with Crippen molar-refractivity contribution in [3.05, 3.63) is 33.9 Å². The van der Waals surface area contributed by atoms with E-state index >= 15 is 0 Å². The van der Waals surface area contributed by atoms with Crippen molar-refractivity contribution in [1.29, 1.82) is 0 Å². The lowest BCUT2D eigenvalue weighted by molar-refractivity contribution is -0.384. The number of carbonyl (C=O) groups is 1. The second kappa shape index (κ2) is 7.58. The Kier molecular flexibility index (Phi) is 6.10. The zero-order chi connectivity index (χ0) is 16.0. The number of hydrogen-bond donors (Lipinski definition) is 1. The molecule has 1 unspecified atom stereocenters. The molecule has 0 saturated carbocycles. The van der Waals surface area contributed by atoms with E-state index in [1.165, 1.54) is 25.3 Å². The molecule has 0 aliphatic rings. The molecule has 0 saturated heterocycles. The third-order valence-electron chi connectivity index (χ3n) is 3.11. The van der Waals surface area contributed by atoms with Crippen LogP contribution in [-0.4, -0.2) is 37.8 Å². The van der Waals surface area contributed by atoms with Gasteiger partial charge in [-0.25, -0.2) is 4.79 Å². The van der Waals surface area contributed by atoms with Gasteiger partial charge in [-0.3, -0.25) is 10.1 Å². The van der Waals surface area contributed by atoms with Crippen molar-refractivity contribution in [2.24, 2.45) is 5.92 Å². The van der Waals surface area contributed by atoms with Crippen LogP contribution in [0.2, 0.25) is 0 Å². The zero-order valence-corrected chi connectivity index (χ0v) is 12.6. The summed E-state index contributed by atoms with van der Waals surface area (Å²) in [6.07, 6.45) is 0. The Morgan fingerprint density at radius 2 is 2.05 bits per heavy atom. The highest BCUT2D eigenvalue weighted by molar-refractivity contribution is 5.91. The van der Waals surface area contributed by atoms with E-state index in [0.717, 1.165) is 0 Å². The molecule has 7 nitrogen and oxygen atoms in total. The fourth-order valence-corrected chi connectivity index (χ4v) is 1.84. The number of hydrogen-bond acceptors (Lipinski definition) is 6. The van der Waals surface area contributed by atoms with Gasteiger partial charge in [-0.05, 0) is 18.1 Å². The summed E-state index contributed by atoms with van der Waals surface area (Å²) >= 11 is 0. The Morgan fingerprint density at radius 3 is 2.52 bits per heavy atom. The molecule has 0 aromatic heterocycles. The molecule has 116 valence electrons. The molecule has 1 aromatic carbocycles. The fraction of sp³-hybridized carbons (Fsp3) is 0.500. The first-order valence-electron chi connectivity index (χ1n) is 6.53. The quantitative estimate of drug-likeness (QED) is 0.472. The number of benzene rings is 1. The molecule has 0 aliphatic heterocycles. The number of nitro benzene ring substituents is 1. The van der Waals surface area contributed by atoms with Gasteiger partial charge in [0.15, 0.2) is 0 Å². The molecule has 0 bridgehead atoms. The van der Waals surface area contributed by atoms with Crippen LogP contribution in [0.5, 0.6) is 0 Å². The van der Waals surface area contributed by atoms with Crippen molar-refractivity contribution in [1.82, 2.24) is 0 Å². The molecule has 0 spiro atoms. The van der Waals surface area contributed by atoms with E-state index in [4.69, 9.17) is 4.74 Å². The standard InChI is InChI=1S/C14H20N2O5/c1-9(2)12(8-20-3)15-11-7-10(14(17)21-4)5-6-13(11)16(18)19/h5-7,9,12,15H,8H2,1-4H3. The summed E-state index contributed by atoms with van der Waals surface area (Å²) in [5.41, 5.74) is 0.438. The van der Waals surface area contributed by atoms with Crippen molar-refractivity contribution in [2.45, 2.75) is 19.9 Å². The van der Waals surface area contributed by atoms with Crippen LogP contribution in [0.4, 0.5) is 11.4 Å². The lowest BCUT2D eigenvalue weighted by atomic mass is 10.0. The van der Waals surface area contributed by atoms with Gasteiger partial charge >= 0.3 is 5.97 Å². The summed E-state index contributed by atoms with van der Waals surface area (Å²) < 4.78 is 9.74. The van der Waals surface area contributed by atoms with Crippen molar-refractivity contribution < 1.29 is 19.2 Å². The van der Waals surface area contributed by atoms with Gasteiger partial charge in [-0.2, -0.15) is 0 Å². The van der Waals surface area contributed by atoms with Crippen LogP contribution in [-0.2, 0) is 9.47 Å². The Balaban J connectivity index is 3.16. The predicted octanol–water partition coefficient (Wildman–Crippen LogP) is 2.46. The number of methoxy groups -OCH3 is 2. The van der Waals surface area contributed by atoms with E-state index in [9.17, 15) is 14.9 Å². The van der Waals surface area contributed by atoms with Crippen LogP contribution in [0.3, 0.4) is 0 Å². The van der Waals surface area contributed by atoms with Gasteiger partial charge in [0.25, 0.3) is 5.69 Å². The summed E-state index contributed by atoms with van der Waals surface area (Å²) in [6.45, 7) is 4.36. The molecule has 1 aromatic rings. The SMILES string of the molecule is COCC(Nc1cc(C(=O)OC)ccc1[N+](=O)[O-])C(C)C.